The quantitative estimate of drug-likeness (QED) is 0.197. The molecule has 10 heteroatoms. The van der Waals surface area contributed by atoms with E-state index in [4.69, 9.17) is 20.2 Å². The molecule has 0 aromatic carbocycles. The summed E-state index contributed by atoms with van der Waals surface area (Å²) in [4.78, 5) is 24.2. The van der Waals surface area contributed by atoms with Gasteiger partial charge in [-0.3, -0.25) is 9.78 Å². The lowest BCUT2D eigenvalue weighted by molar-refractivity contribution is 0.0888. The van der Waals surface area contributed by atoms with E-state index in [1.165, 1.54) is 0 Å². The largest absolute Gasteiger partial charge is 0.463 e. The number of rotatable bonds is 12. The van der Waals surface area contributed by atoms with Gasteiger partial charge in [-0.05, 0) is 40.0 Å². The van der Waals surface area contributed by atoms with Gasteiger partial charge in [0.15, 0.2) is 12.1 Å². The molecule has 3 aromatic rings. The highest BCUT2D eigenvalue weighted by Gasteiger charge is 2.22. The van der Waals surface area contributed by atoms with Crippen molar-refractivity contribution in [1.29, 1.82) is 0 Å². The second-order valence-corrected chi connectivity index (χ2v) is 15.6. The van der Waals surface area contributed by atoms with E-state index in [1.54, 1.807) is 12.3 Å². The molecule has 0 spiro atoms. The third-order valence-electron chi connectivity index (χ3n) is 5.23. The van der Waals surface area contributed by atoms with Crippen molar-refractivity contribution in [2.75, 3.05) is 18.9 Å². The van der Waals surface area contributed by atoms with E-state index in [-0.39, 0.29) is 6.01 Å². The summed E-state index contributed by atoms with van der Waals surface area (Å²) in [5.41, 5.74) is 10.1. The Morgan fingerprint density at radius 1 is 1.21 bits per heavy atom. The van der Waals surface area contributed by atoms with E-state index in [2.05, 4.69) is 52.5 Å². The number of nitrogens with two attached hydrogens (primary N) is 1. The van der Waals surface area contributed by atoms with Crippen molar-refractivity contribution in [2.45, 2.75) is 58.6 Å². The van der Waals surface area contributed by atoms with E-state index in [9.17, 15) is 4.79 Å². The first-order valence-corrected chi connectivity index (χ1v) is 15.7. The topological polar surface area (TPSA) is 105 Å². The van der Waals surface area contributed by atoms with Crippen LogP contribution in [-0.2, 0) is 17.9 Å². The molecule has 0 aliphatic rings. The molecule has 8 nitrogen and oxygen atoms in total. The molecular formula is C23H32BrN5O3Si. The summed E-state index contributed by atoms with van der Waals surface area (Å²) in [6.45, 7) is 10.6. The molecule has 0 fully saturated rings. The second-order valence-electron chi connectivity index (χ2n) is 9.22. The number of aromatic nitrogens is 4. The summed E-state index contributed by atoms with van der Waals surface area (Å²) in [5.74, 6) is 0.349. The van der Waals surface area contributed by atoms with Crippen LogP contribution in [0, 0.1) is 0 Å². The SMILES string of the molecule is CCCCOc1nc(N)c2c(n1)c(Cc1ccc(C=O)nc1)c(Br)n2COCC[Si](C)(C)C. The summed E-state index contributed by atoms with van der Waals surface area (Å²) in [6.07, 6.45) is 4.92. The lowest BCUT2D eigenvalue weighted by Gasteiger charge is -2.16. The highest BCUT2D eigenvalue weighted by Crippen LogP contribution is 2.34. The standard InChI is InChI=1S/C23H32BrN5O3Si/c1-5-6-9-32-23-27-19-18(12-16-7-8-17(14-30)26-13-16)21(24)29(20(19)22(25)28-23)15-31-10-11-33(2,3)4/h7-8,13-14H,5-6,9-12,15H2,1-4H3,(H2,25,27,28). The van der Waals surface area contributed by atoms with Crippen LogP contribution in [0.4, 0.5) is 5.82 Å². The van der Waals surface area contributed by atoms with Crippen molar-refractivity contribution in [3.8, 4) is 6.01 Å². The molecule has 0 aliphatic heterocycles. The Bertz CT molecular complexity index is 1100. The number of pyridine rings is 1. The fraction of sp³-hybridized carbons (Fsp3) is 0.478. The maximum absolute atomic E-state index is 10.9. The third kappa shape index (κ3) is 6.61. The van der Waals surface area contributed by atoms with Gasteiger partial charge < -0.3 is 19.8 Å². The van der Waals surface area contributed by atoms with Crippen LogP contribution in [0.25, 0.3) is 11.0 Å². The van der Waals surface area contributed by atoms with Gasteiger partial charge in [0.25, 0.3) is 0 Å². The fourth-order valence-corrected chi connectivity index (χ4v) is 4.65. The first-order valence-electron chi connectivity index (χ1n) is 11.2. The maximum atomic E-state index is 10.9. The number of carbonyl (C=O) groups excluding carboxylic acids is 1. The van der Waals surface area contributed by atoms with Crippen molar-refractivity contribution in [3.05, 3.63) is 39.8 Å². The molecule has 3 heterocycles. The number of halogens is 1. The number of nitrogens with zero attached hydrogens (tertiary/aromatic N) is 4. The second kappa shape index (κ2) is 11.2. The van der Waals surface area contributed by atoms with Crippen LogP contribution >= 0.6 is 15.9 Å². The van der Waals surface area contributed by atoms with E-state index < -0.39 is 8.07 Å². The fourth-order valence-electron chi connectivity index (χ4n) is 3.28. The number of carbonyl (C=O) groups is 1. The zero-order valence-electron chi connectivity index (χ0n) is 19.7. The van der Waals surface area contributed by atoms with E-state index in [1.807, 2.05) is 10.6 Å². The highest BCUT2D eigenvalue weighted by atomic mass is 79.9. The van der Waals surface area contributed by atoms with Crippen LogP contribution in [0.1, 0.15) is 41.4 Å². The molecule has 33 heavy (non-hydrogen) atoms. The molecular weight excluding hydrogens is 502 g/mol. The van der Waals surface area contributed by atoms with Gasteiger partial charge in [0, 0.05) is 32.9 Å². The number of nitrogen functional groups attached to an aromatic ring is 1. The zero-order chi connectivity index (χ0) is 24.0. The molecule has 0 aliphatic carbocycles. The minimum absolute atomic E-state index is 0.272. The summed E-state index contributed by atoms with van der Waals surface area (Å²) < 4.78 is 14.6. The first kappa shape index (κ1) is 25.3. The molecule has 0 saturated carbocycles. The van der Waals surface area contributed by atoms with Crippen LogP contribution < -0.4 is 10.5 Å². The average Bonchev–Trinajstić information content (AvgIpc) is 3.03. The van der Waals surface area contributed by atoms with Crippen LogP contribution in [0.3, 0.4) is 0 Å². The lowest BCUT2D eigenvalue weighted by Crippen LogP contribution is -2.22. The number of unbranched alkanes of at least 4 members (excludes halogenated alkanes) is 1. The van der Waals surface area contributed by atoms with Crippen molar-refractivity contribution in [1.82, 2.24) is 19.5 Å². The molecule has 0 amide bonds. The van der Waals surface area contributed by atoms with Gasteiger partial charge in [0.1, 0.15) is 23.5 Å². The van der Waals surface area contributed by atoms with E-state index in [0.29, 0.717) is 48.9 Å². The number of hydrogen-bond donors (Lipinski definition) is 1. The Hall–Kier alpha value is -2.30. The van der Waals surface area contributed by atoms with Gasteiger partial charge in [-0.15, -0.1) is 0 Å². The van der Waals surface area contributed by atoms with Crippen LogP contribution in [0.5, 0.6) is 6.01 Å². The van der Waals surface area contributed by atoms with Crippen molar-refractivity contribution in [2.24, 2.45) is 0 Å². The predicted octanol–water partition coefficient (Wildman–Crippen LogP) is 5.07. The number of hydrogen-bond acceptors (Lipinski definition) is 7. The molecule has 178 valence electrons. The van der Waals surface area contributed by atoms with Crippen LogP contribution in [-0.4, -0.2) is 47.1 Å². The average molecular weight is 535 g/mol. The zero-order valence-corrected chi connectivity index (χ0v) is 22.3. The molecule has 0 radical (unpaired) electrons. The number of aldehydes is 1. The highest BCUT2D eigenvalue weighted by molar-refractivity contribution is 9.10. The van der Waals surface area contributed by atoms with Gasteiger partial charge in [0.2, 0.25) is 0 Å². The van der Waals surface area contributed by atoms with Gasteiger partial charge in [-0.25, -0.2) is 0 Å². The smallest absolute Gasteiger partial charge is 0.319 e. The number of anilines is 1. The Morgan fingerprint density at radius 3 is 2.64 bits per heavy atom. The van der Waals surface area contributed by atoms with E-state index in [0.717, 1.165) is 40.9 Å². The minimum Gasteiger partial charge on any atom is -0.463 e. The summed E-state index contributed by atoms with van der Waals surface area (Å²) in [7, 11) is -1.19. The molecule has 0 atom stereocenters. The van der Waals surface area contributed by atoms with Crippen molar-refractivity contribution in [3.63, 3.8) is 0 Å². The van der Waals surface area contributed by atoms with E-state index >= 15 is 0 Å². The third-order valence-corrected chi connectivity index (χ3v) is 7.84. The lowest BCUT2D eigenvalue weighted by atomic mass is 10.1. The molecule has 3 rings (SSSR count). The van der Waals surface area contributed by atoms with Gasteiger partial charge >= 0.3 is 6.01 Å². The van der Waals surface area contributed by atoms with Gasteiger partial charge in [0.05, 0.1) is 11.2 Å². The van der Waals surface area contributed by atoms with Gasteiger partial charge in [-0.1, -0.05) is 39.1 Å². The monoisotopic (exact) mass is 533 g/mol. The van der Waals surface area contributed by atoms with Crippen molar-refractivity contribution < 1.29 is 14.3 Å². The van der Waals surface area contributed by atoms with Crippen LogP contribution in [0.2, 0.25) is 25.7 Å². The molecule has 2 N–H and O–H groups in total. The molecule has 3 aromatic heterocycles. The van der Waals surface area contributed by atoms with Crippen molar-refractivity contribution >= 4 is 47.1 Å². The Labute approximate surface area is 204 Å². The molecule has 0 bridgehead atoms. The number of ether oxygens (including phenoxy) is 2. The maximum Gasteiger partial charge on any atom is 0.319 e. The summed E-state index contributed by atoms with van der Waals surface area (Å²) in [6, 6.07) is 4.94. The molecule has 0 unspecified atom stereocenters. The Kier molecular flexibility index (Phi) is 8.61. The Balaban J connectivity index is 1.97. The normalized spacial score (nSPS) is 11.8. The summed E-state index contributed by atoms with van der Waals surface area (Å²) in [5, 5.41) is 0. The van der Waals surface area contributed by atoms with Crippen LogP contribution in [0.15, 0.2) is 22.9 Å². The first-order chi connectivity index (χ1) is 15.7. The number of fused-ring (bicyclic) bond motifs is 1. The predicted molar refractivity (Wildman–Crippen MR) is 137 cm³/mol. The summed E-state index contributed by atoms with van der Waals surface area (Å²) >= 11 is 3.75. The van der Waals surface area contributed by atoms with Gasteiger partial charge in [-0.2, -0.15) is 9.97 Å². The molecule has 0 saturated heterocycles. The minimum atomic E-state index is -1.19. The Morgan fingerprint density at radius 2 is 2.00 bits per heavy atom.